The molecule has 0 bridgehead atoms. The summed E-state index contributed by atoms with van der Waals surface area (Å²) in [6.07, 6.45) is 2.82. The van der Waals surface area contributed by atoms with Crippen molar-refractivity contribution in [3.05, 3.63) is 0 Å². The van der Waals surface area contributed by atoms with Crippen molar-refractivity contribution in [2.75, 3.05) is 26.2 Å². The molecule has 0 fully saturated rings. The van der Waals surface area contributed by atoms with Gasteiger partial charge in [0.1, 0.15) is 5.78 Å². The van der Waals surface area contributed by atoms with Crippen LogP contribution in [0.2, 0.25) is 0 Å². The molecule has 0 saturated heterocycles. The summed E-state index contributed by atoms with van der Waals surface area (Å²) >= 11 is 0. The molecule has 0 rings (SSSR count). The molecule has 1 atom stereocenters. The molecule has 136 valence electrons. The lowest BCUT2D eigenvalue weighted by Crippen LogP contribution is -2.35. The summed E-state index contributed by atoms with van der Waals surface area (Å²) in [4.78, 5) is 23.3. The highest BCUT2D eigenvalue weighted by Crippen LogP contribution is 2.28. The highest BCUT2D eigenvalue weighted by molar-refractivity contribution is 5.81. The van der Waals surface area contributed by atoms with Crippen LogP contribution in [0.4, 0.5) is 0 Å². The molecular weight excluding hydrogens is 292 g/mol. The van der Waals surface area contributed by atoms with E-state index in [1.165, 1.54) is 0 Å². The minimum atomic E-state index is -0.305. The molecule has 0 heterocycles. The van der Waals surface area contributed by atoms with Gasteiger partial charge >= 0.3 is 0 Å². The van der Waals surface area contributed by atoms with Crippen LogP contribution in [0.5, 0.6) is 0 Å². The summed E-state index contributed by atoms with van der Waals surface area (Å²) < 4.78 is 5.94. The third-order valence-electron chi connectivity index (χ3n) is 4.60. The van der Waals surface area contributed by atoms with Crippen LogP contribution in [0.3, 0.4) is 0 Å². The Morgan fingerprint density at radius 3 is 2.22 bits per heavy atom. The number of carbonyl (C=O) groups is 2. The van der Waals surface area contributed by atoms with Gasteiger partial charge < -0.3 is 15.4 Å². The first kappa shape index (κ1) is 22.1. The highest BCUT2D eigenvalue weighted by atomic mass is 16.5. The maximum absolute atomic E-state index is 11.7. The Hall–Kier alpha value is -0.940. The molecule has 1 unspecified atom stereocenters. The van der Waals surface area contributed by atoms with E-state index in [0.29, 0.717) is 26.1 Å². The van der Waals surface area contributed by atoms with E-state index >= 15 is 0 Å². The summed E-state index contributed by atoms with van der Waals surface area (Å²) in [6.45, 7) is 14.5. The van der Waals surface area contributed by atoms with Crippen LogP contribution in [0.25, 0.3) is 0 Å². The lowest BCUT2D eigenvalue weighted by Gasteiger charge is -2.30. The van der Waals surface area contributed by atoms with E-state index in [1.54, 1.807) is 6.92 Å². The van der Waals surface area contributed by atoms with Gasteiger partial charge in [-0.15, -0.1) is 0 Å². The van der Waals surface area contributed by atoms with Gasteiger partial charge in [0.15, 0.2) is 0 Å². The molecule has 0 aromatic heterocycles. The van der Waals surface area contributed by atoms with Crippen molar-refractivity contribution in [3.8, 4) is 0 Å². The summed E-state index contributed by atoms with van der Waals surface area (Å²) in [5.74, 6) is 0.284. The number of ether oxygens (including phenoxy) is 1. The first-order valence-electron chi connectivity index (χ1n) is 8.79. The fourth-order valence-corrected chi connectivity index (χ4v) is 2.20. The maximum Gasteiger partial charge on any atom is 0.221 e. The first-order valence-corrected chi connectivity index (χ1v) is 8.79. The molecule has 0 radical (unpaired) electrons. The molecule has 0 saturated carbocycles. The van der Waals surface area contributed by atoms with Gasteiger partial charge in [0.05, 0.1) is 5.60 Å². The third-order valence-corrected chi connectivity index (χ3v) is 4.60. The Kier molecular flexibility index (Phi) is 10.3. The number of hydrogen-bond donors (Lipinski definition) is 2. The van der Waals surface area contributed by atoms with E-state index in [4.69, 9.17) is 4.74 Å². The number of rotatable bonds is 13. The van der Waals surface area contributed by atoms with Gasteiger partial charge in [-0.25, -0.2) is 0 Å². The number of hydrogen-bond acceptors (Lipinski definition) is 4. The lowest BCUT2D eigenvalue weighted by atomic mass is 9.81. The topological polar surface area (TPSA) is 67.4 Å². The van der Waals surface area contributed by atoms with Crippen LogP contribution >= 0.6 is 0 Å². The first-order chi connectivity index (χ1) is 10.7. The van der Waals surface area contributed by atoms with E-state index in [0.717, 1.165) is 25.8 Å². The Labute approximate surface area is 141 Å². The van der Waals surface area contributed by atoms with E-state index in [9.17, 15) is 9.59 Å². The van der Waals surface area contributed by atoms with Gasteiger partial charge in [0.25, 0.3) is 0 Å². The molecule has 0 aliphatic heterocycles. The normalized spacial score (nSPS) is 14.3. The maximum atomic E-state index is 11.7. The predicted molar refractivity (Wildman–Crippen MR) is 94.5 cm³/mol. The van der Waals surface area contributed by atoms with Crippen LogP contribution in [-0.4, -0.2) is 43.5 Å². The Morgan fingerprint density at radius 1 is 1.04 bits per heavy atom. The van der Waals surface area contributed by atoms with Gasteiger partial charge in [-0.3, -0.25) is 9.59 Å². The monoisotopic (exact) mass is 328 g/mol. The zero-order valence-electron chi connectivity index (χ0n) is 15.9. The third kappa shape index (κ3) is 9.72. The van der Waals surface area contributed by atoms with Crippen molar-refractivity contribution in [1.29, 1.82) is 0 Å². The Balaban J connectivity index is 4.01. The molecule has 0 spiro atoms. The summed E-state index contributed by atoms with van der Waals surface area (Å²) in [7, 11) is 0. The highest BCUT2D eigenvalue weighted by Gasteiger charge is 2.28. The van der Waals surface area contributed by atoms with Crippen LogP contribution in [-0.2, 0) is 14.3 Å². The van der Waals surface area contributed by atoms with Crippen molar-refractivity contribution >= 4 is 11.7 Å². The van der Waals surface area contributed by atoms with E-state index < -0.39 is 0 Å². The molecule has 23 heavy (non-hydrogen) atoms. The summed E-state index contributed by atoms with van der Waals surface area (Å²) in [5.41, 5.74) is -0.600. The summed E-state index contributed by atoms with van der Waals surface area (Å²) in [5, 5.41) is 6.05. The predicted octanol–water partition coefficient (Wildman–Crippen LogP) is 2.68. The van der Waals surface area contributed by atoms with Gasteiger partial charge in [0, 0.05) is 31.5 Å². The van der Waals surface area contributed by atoms with Crippen LogP contribution in [0, 0.1) is 5.41 Å². The number of ketones is 1. The molecule has 5 nitrogen and oxygen atoms in total. The zero-order valence-corrected chi connectivity index (χ0v) is 15.9. The van der Waals surface area contributed by atoms with Crippen molar-refractivity contribution < 1.29 is 14.3 Å². The second kappa shape index (κ2) is 10.8. The minimum absolute atomic E-state index is 0.0666. The average molecular weight is 328 g/mol. The second-order valence-electron chi connectivity index (χ2n) is 7.03. The Bertz CT molecular complexity index is 369. The molecule has 5 heteroatoms. The zero-order chi connectivity index (χ0) is 17.9. The largest absolute Gasteiger partial charge is 0.375 e. The number of amides is 1. The standard InChI is InChI=1S/C18H36N2O3/c1-7-18(6,15(3)21)11-14-23-17(4,5)10-13-20-16(22)9-12-19-8-2/h19H,7-14H2,1-6H3,(H,20,22). The molecule has 0 aliphatic rings. The quantitative estimate of drug-likeness (QED) is 0.510. The minimum Gasteiger partial charge on any atom is -0.375 e. The van der Waals surface area contributed by atoms with Crippen LogP contribution < -0.4 is 10.6 Å². The fraction of sp³-hybridized carbons (Fsp3) is 0.889. The number of carbonyl (C=O) groups excluding carboxylic acids is 2. The lowest BCUT2D eigenvalue weighted by molar-refractivity contribution is -0.128. The van der Waals surface area contributed by atoms with Crippen molar-refractivity contribution in [2.45, 2.75) is 72.8 Å². The van der Waals surface area contributed by atoms with Gasteiger partial charge in [-0.1, -0.05) is 20.8 Å². The molecule has 0 aliphatic carbocycles. The second-order valence-corrected chi connectivity index (χ2v) is 7.03. The van der Waals surface area contributed by atoms with Crippen molar-refractivity contribution in [3.63, 3.8) is 0 Å². The molecule has 0 aromatic carbocycles. The number of Topliss-reactive ketones (excluding diaryl/α,β-unsaturated/α-hetero) is 1. The molecular formula is C18H36N2O3. The van der Waals surface area contributed by atoms with Gasteiger partial charge in [-0.2, -0.15) is 0 Å². The van der Waals surface area contributed by atoms with Gasteiger partial charge in [-0.05, 0) is 46.6 Å². The fourth-order valence-electron chi connectivity index (χ4n) is 2.20. The molecule has 0 aromatic rings. The Morgan fingerprint density at radius 2 is 1.70 bits per heavy atom. The SMILES string of the molecule is CCNCCC(=O)NCCC(C)(C)OCCC(C)(CC)C(C)=O. The van der Waals surface area contributed by atoms with E-state index in [2.05, 4.69) is 10.6 Å². The van der Waals surface area contributed by atoms with Gasteiger partial charge in [0.2, 0.25) is 5.91 Å². The van der Waals surface area contributed by atoms with Crippen molar-refractivity contribution in [1.82, 2.24) is 10.6 Å². The van der Waals surface area contributed by atoms with Crippen LogP contribution in [0.15, 0.2) is 0 Å². The molecule has 2 N–H and O–H groups in total. The smallest absolute Gasteiger partial charge is 0.221 e. The molecule has 1 amide bonds. The van der Waals surface area contributed by atoms with E-state index in [-0.39, 0.29) is 22.7 Å². The van der Waals surface area contributed by atoms with Crippen molar-refractivity contribution in [2.24, 2.45) is 5.41 Å². The van der Waals surface area contributed by atoms with E-state index in [1.807, 2.05) is 34.6 Å². The summed E-state index contributed by atoms with van der Waals surface area (Å²) in [6, 6.07) is 0. The van der Waals surface area contributed by atoms with Crippen LogP contribution in [0.1, 0.15) is 67.2 Å². The number of nitrogens with one attached hydrogen (secondary N) is 2. The average Bonchev–Trinajstić information content (AvgIpc) is 2.46.